The Morgan fingerprint density at radius 1 is 0.933 bits per heavy atom. The van der Waals surface area contributed by atoms with Crippen LogP contribution in [0, 0.1) is 0 Å². The quantitative estimate of drug-likeness (QED) is 0.637. The Morgan fingerprint density at radius 3 is 1.80 bits per heavy atom. The van der Waals surface area contributed by atoms with Crippen molar-refractivity contribution in [2.24, 2.45) is 0 Å². The van der Waals surface area contributed by atoms with Crippen molar-refractivity contribution in [1.29, 1.82) is 0 Å². The van der Waals surface area contributed by atoms with Crippen molar-refractivity contribution in [1.82, 2.24) is 0 Å². The van der Waals surface area contributed by atoms with E-state index in [1.165, 1.54) is 9.75 Å². The fraction of sp³-hybridized carbons (Fsp3) is 0.667. The summed E-state index contributed by atoms with van der Waals surface area (Å²) in [5, 5.41) is 0. The van der Waals surface area contributed by atoms with E-state index in [9.17, 15) is 0 Å². The fourth-order valence-corrected chi connectivity index (χ4v) is 2.57. The number of thiophene rings is 1. The first-order valence-electron chi connectivity index (χ1n) is 5.42. The highest BCUT2D eigenvalue weighted by Crippen LogP contribution is 2.19. The van der Waals surface area contributed by atoms with E-state index in [0.29, 0.717) is 0 Å². The second kappa shape index (κ2) is 7.85. The molecule has 0 N–H and O–H groups in total. The molecule has 1 aromatic rings. The SMILES string of the molecule is COCCCc1ccc(CCCOC)s1. The first-order valence-corrected chi connectivity index (χ1v) is 6.24. The van der Waals surface area contributed by atoms with Gasteiger partial charge in [-0.05, 0) is 37.8 Å². The predicted octanol–water partition coefficient (Wildman–Crippen LogP) is 2.91. The Balaban J connectivity index is 2.23. The van der Waals surface area contributed by atoms with Crippen molar-refractivity contribution in [3.8, 4) is 0 Å². The van der Waals surface area contributed by atoms with Crippen LogP contribution in [0.4, 0.5) is 0 Å². The van der Waals surface area contributed by atoms with Crippen molar-refractivity contribution in [3.05, 3.63) is 21.9 Å². The van der Waals surface area contributed by atoms with E-state index in [-0.39, 0.29) is 0 Å². The second-order valence-corrected chi connectivity index (χ2v) is 4.81. The molecule has 0 aliphatic carbocycles. The van der Waals surface area contributed by atoms with Crippen molar-refractivity contribution >= 4 is 11.3 Å². The molecule has 0 atom stereocenters. The molecule has 0 unspecified atom stereocenters. The van der Waals surface area contributed by atoms with Gasteiger partial charge in [-0.2, -0.15) is 0 Å². The van der Waals surface area contributed by atoms with Gasteiger partial charge in [-0.1, -0.05) is 0 Å². The summed E-state index contributed by atoms with van der Waals surface area (Å²) in [6.07, 6.45) is 4.52. The molecule has 1 rings (SSSR count). The molecule has 0 spiro atoms. The molecule has 0 saturated carbocycles. The van der Waals surface area contributed by atoms with E-state index in [0.717, 1.165) is 38.9 Å². The first-order chi connectivity index (χ1) is 7.36. The number of hydrogen-bond acceptors (Lipinski definition) is 3. The molecule has 3 heteroatoms. The molecule has 15 heavy (non-hydrogen) atoms. The molecule has 1 heterocycles. The smallest absolute Gasteiger partial charge is 0.0465 e. The van der Waals surface area contributed by atoms with Crippen molar-refractivity contribution in [2.45, 2.75) is 25.7 Å². The largest absolute Gasteiger partial charge is 0.385 e. The van der Waals surface area contributed by atoms with Crippen LogP contribution in [0.25, 0.3) is 0 Å². The predicted molar refractivity (Wildman–Crippen MR) is 64.7 cm³/mol. The van der Waals surface area contributed by atoms with Gasteiger partial charge in [0.2, 0.25) is 0 Å². The van der Waals surface area contributed by atoms with Crippen LogP contribution in [-0.2, 0) is 22.3 Å². The van der Waals surface area contributed by atoms with Crippen LogP contribution in [-0.4, -0.2) is 27.4 Å². The summed E-state index contributed by atoms with van der Waals surface area (Å²) in [7, 11) is 3.51. The van der Waals surface area contributed by atoms with E-state index < -0.39 is 0 Å². The molecule has 0 aromatic carbocycles. The lowest BCUT2D eigenvalue weighted by molar-refractivity contribution is 0.195. The van der Waals surface area contributed by atoms with E-state index in [4.69, 9.17) is 9.47 Å². The van der Waals surface area contributed by atoms with Crippen LogP contribution in [0.15, 0.2) is 12.1 Å². The maximum absolute atomic E-state index is 5.04. The van der Waals surface area contributed by atoms with Gasteiger partial charge >= 0.3 is 0 Å². The molecule has 0 radical (unpaired) electrons. The molecule has 2 nitrogen and oxygen atoms in total. The van der Waals surface area contributed by atoms with Gasteiger partial charge in [-0.3, -0.25) is 0 Å². The number of rotatable bonds is 8. The number of aryl methyl sites for hydroxylation is 2. The van der Waals surface area contributed by atoms with Crippen LogP contribution < -0.4 is 0 Å². The summed E-state index contributed by atoms with van der Waals surface area (Å²) in [6.45, 7) is 1.72. The highest BCUT2D eigenvalue weighted by molar-refractivity contribution is 7.11. The number of methoxy groups -OCH3 is 2. The van der Waals surface area contributed by atoms with Crippen LogP contribution in [0.5, 0.6) is 0 Å². The summed E-state index contributed by atoms with van der Waals surface area (Å²) in [5.74, 6) is 0. The van der Waals surface area contributed by atoms with Gasteiger partial charge in [-0.25, -0.2) is 0 Å². The number of ether oxygens (including phenoxy) is 2. The van der Waals surface area contributed by atoms with Crippen molar-refractivity contribution in [3.63, 3.8) is 0 Å². The standard InChI is InChI=1S/C12H20O2S/c1-13-9-3-5-11-7-8-12(15-11)6-4-10-14-2/h7-8H,3-6,9-10H2,1-2H3. The van der Waals surface area contributed by atoms with Gasteiger partial charge in [0, 0.05) is 37.2 Å². The zero-order valence-corrected chi connectivity index (χ0v) is 10.4. The Hall–Kier alpha value is -0.380. The Morgan fingerprint density at radius 2 is 1.40 bits per heavy atom. The highest BCUT2D eigenvalue weighted by Gasteiger charge is 2.00. The second-order valence-electron chi connectivity index (χ2n) is 3.56. The van der Waals surface area contributed by atoms with Crippen LogP contribution in [0.2, 0.25) is 0 Å². The molecule has 0 fully saturated rings. The zero-order valence-electron chi connectivity index (χ0n) is 9.62. The molecule has 1 aromatic heterocycles. The average Bonchev–Trinajstić information content (AvgIpc) is 2.67. The van der Waals surface area contributed by atoms with Crippen molar-refractivity contribution < 1.29 is 9.47 Å². The third-order valence-electron chi connectivity index (χ3n) is 2.26. The Bertz CT molecular complexity index is 233. The summed E-state index contributed by atoms with van der Waals surface area (Å²) >= 11 is 1.92. The van der Waals surface area contributed by atoms with Gasteiger partial charge in [0.25, 0.3) is 0 Å². The van der Waals surface area contributed by atoms with E-state index in [2.05, 4.69) is 12.1 Å². The lowest BCUT2D eigenvalue weighted by atomic mass is 10.2. The Kier molecular flexibility index (Phi) is 6.64. The lowest BCUT2D eigenvalue weighted by Crippen LogP contribution is -1.90. The maximum atomic E-state index is 5.04. The van der Waals surface area contributed by atoms with Gasteiger partial charge in [-0.15, -0.1) is 11.3 Å². The lowest BCUT2D eigenvalue weighted by Gasteiger charge is -1.97. The van der Waals surface area contributed by atoms with Crippen molar-refractivity contribution in [2.75, 3.05) is 27.4 Å². The minimum absolute atomic E-state index is 0.858. The first kappa shape index (κ1) is 12.7. The van der Waals surface area contributed by atoms with E-state index in [1.807, 2.05) is 11.3 Å². The highest BCUT2D eigenvalue weighted by atomic mass is 32.1. The summed E-state index contributed by atoms with van der Waals surface area (Å²) < 4.78 is 10.1. The molecular weight excluding hydrogens is 208 g/mol. The van der Waals surface area contributed by atoms with E-state index >= 15 is 0 Å². The average molecular weight is 228 g/mol. The third kappa shape index (κ3) is 5.30. The van der Waals surface area contributed by atoms with Gasteiger partial charge in [0.15, 0.2) is 0 Å². The van der Waals surface area contributed by atoms with E-state index in [1.54, 1.807) is 14.2 Å². The van der Waals surface area contributed by atoms with Gasteiger partial charge in [0.1, 0.15) is 0 Å². The molecule has 0 bridgehead atoms. The molecule has 0 saturated heterocycles. The summed E-state index contributed by atoms with van der Waals surface area (Å²) in [4.78, 5) is 2.94. The maximum Gasteiger partial charge on any atom is 0.0465 e. The summed E-state index contributed by atoms with van der Waals surface area (Å²) in [5.41, 5.74) is 0. The Labute approximate surface area is 96.2 Å². The topological polar surface area (TPSA) is 18.5 Å². The van der Waals surface area contributed by atoms with Crippen LogP contribution >= 0.6 is 11.3 Å². The van der Waals surface area contributed by atoms with Gasteiger partial charge in [0.05, 0.1) is 0 Å². The van der Waals surface area contributed by atoms with Gasteiger partial charge < -0.3 is 9.47 Å². The van der Waals surface area contributed by atoms with Crippen LogP contribution in [0.1, 0.15) is 22.6 Å². The minimum Gasteiger partial charge on any atom is -0.385 e. The molecule has 0 amide bonds. The number of hydrogen-bond donors (Lipinski definition) is 0. The molecular formula is C12H20O2S. The molecule has 0 aliphatic rings. The molecule has 0 aliphatic heterocycles. The normalized spacial score (nSPS) is 10.8. The third-order valence-corrected chi connectivity index (χ3v) is 3.47. The fourth-order valence-electron chi connectivity index (χ4n) is 1.47. The minimum atomic E-state index is 0.858. The monoisotopic (exact) mass is 228 g/mol. The van der Waals surface area contributed by atoms with Crippen LogP contribution in [0.3, 0.4) is 0 Å². The molecule has 86 valence electrons. The zero-order chi connectivity index (χ0) is 10.9. The summed E-state index contributed by atoms with van der Waals surface area (Å²) in [6, 6.07) is 4.48.